The van der Waals surface area contributed by atoms with Gasteiger partial charge < -0.3 is 33.2 Å². The Morgan fingerprint density at radius 2 is 1.42 bits per heavy atom. The molecule has 26 heavy (non-hydrogen) atoms. The van der Waals surface area contributed by atoms with E-state index in [-0.39, 0.29) is 11.3 Å². The highest BCUT2D eigenvalue weighted by Gasteiger charge is 2.37. The number of hydrogen-bond donors (Lipinski definition) is 4. The summed E-state index contributed by atoms with van der Waals surface area (Å²) in [6.45, 7) is 0. The number of hydrogen-bond acceptors (Lipinski definition) is 10. The third-order valence-electron chi connectivity index (χ3n) is 3.68. The van der Waals surface area contributed by atoms with Crippen molar-refractivity contribution in [2.45, 2.75) is 0 Å². The van der Waals surface area contributed by atoms with Gasteiger partial charge in [0.1, 0.15) is 11.1 Å². The Morgan fingerprint density at radius 1 is 0.808 bits per heavy atom. The fourth-order valence-corrected chi connectivity index (χ4v) is 3.28. The van der Waals surface area contributed by atoms with Gasteiger partial charge in [0.25, 0.3) is 0 Å². The van der Waals surface area contributed by atoms with Crippen LogP contribution in [0.2, 0.25) is 0 Å². The maximum absolute atomic E-state index is 12.5. The van der Waals surface area contributed by atoms with Crippen molar-refractivity contribution in [3.05, 3.63) is 34.5 Å². The molecule has 11 heteroatoms. The van der Waals surface area contributed by atoms with Gasteiger partial charge in [-0.3, -0.25) is 4.79 Å². The van der Waals surface area contributed by atoms with E-state index < -0.39 is 61.3 Å². The zero-order valence-corrected chi connectivity index (χ0v) is 13.3. The molecule has 0 spiro atoms. The van der Waals surface area contributed by atoms with Crippen molar-refractivity contribution in [1.82, 2.24) is 0 Å². The largest absolute Gasteiger partial charge is 0.508 e. The fraction of sp³-hybridized carbons (Fsp3) is 0. The first kappa shape index (κ1) is 15.9. The van der Waals surface area contributed by atoms with Gasteiger partial charge in [0.2, 0.25) is 28.4 Å². The number of benzene rings is 2. The van der Waals surface area contributed by atoms with Crippen LogP contribution in [0, 0.1) is 0 Å². The van der Waals surface area contributed by atoms with Gasteiger partial charge in [-0.15, -0.1) is 8.42 Å². The Bertz CT molecular complexity index is 1240. The first-order valence-corrected chi connectivity index (χ1v) is 8.24. The van der Waals surface area contributed by atoms with Crippen molar-refractivity contribution in [2.24, 2.45) is 0 Å². The molecule has 2 heterocycles. The van der Waals surface area contributed by atoms with E-state index in [9.17, 15) is 33.6 Å². The molecular formula is C15H8O10S. The molecule has 2 bridgehead atoms. The number of aromatic hydroxyl groups is 4. The molecule has 3 aromatic rings. The Hall–Kier alpha value is -3.60. The van der Waals surface area contributed by atoms with E-state index >= 15 is 0 Å². The smallest absolute Gasteiger partial charge is 0.501 e. The predicted molar refractivity (Wildman–Crippen MR) is 84.8 cm³/mol. The summed E-state index contributed by atoms with van der Waals surface area (Å²) in [4.78, 5) is 12.5. The second-order valence-electron chi connectivity index (χ2n) is 5.29. The zero-order chi connectivity index (χ0) is 18.8. The number of rotatable bonds is 1. The van der Waals surface area contributed by atoms with Crippen LogP contribution >= 0.6 is 0 Å². The highest BCUT2D eigenvalue weighted by molar-refractivity contribution is 7.82. The van der Waals surface area contributed by atoms with Crippen LogP contribution in [0.1, 0.15) is 0 Å². The molecule has 0 fully saturated rings. The quantitative estimate of drug-likeness (QED) is 0.483. The summed E-state index contributed by atoms with van der Waals surface area (Å²) in [5.41, 5.74) is -1.56. The highest BCUT2D eigenvalue weighted by Crippen LogP contribution is 2.53. The van der Waals surface area contributed by atoms with Crippen molar-refractivity contribution >= 4 is 21.4 Å². The van der Waals surface area contributed by atoms with Gasteiger partial charge in [0, 0.05) is 5.56 Å². The molecule has 4 rings (SSSR count). The average Bonchev–Trinajstić information content (AvgIpc) is 2.58. The topological polar surface area (TPSA) is 164 Å². The second kappa shape index (κ2) is 4.95. The third kappa shape index (κ3) is 2.10. The fourth-order valence-electron chi connectivity index (χ4n) is 2.52. The predicted octanol–water partition coefficient (Wildman–Crippen LogP) is 1.30. The van der Waals surface area contributed by atoms with Crippen LogP contribution in [0.5, 0.6) is 34.5 Å². The minimum atomic E-state index is -4.65. The lowest BCUT2D eigenvalue weighted by atomic mass is 10.1. The number of phenolic OH excluding ortho intramolecular Hbond substituents is 3. The summed E-state index contributed by atoms with van der Waals surface area (Å²) in [5, 5.41) is 38.9. The Kier molecular flexibility index (Phi) is 3.03. The van der Waals surface area contributed by atoms with Gasteiger partial charge in [-0.05, 0) is 24.3 Å². The van der Waals surface area contributed by atoms with E-state index in [4.69, 9.17) is 4.42 Å². The van der Waals surface area contributed by atoms with E-state index in [1.54, 1.807) is 0 Å². The lowest BCUT2D eigenvalue weighted by Gasteiger charge is -2.19. The Morgan fingerprint density at radius 3 is 2.08 bits per heavy atom. The molecule has 0 saturated heterocycles. The maximum Gasteiger partial charge on any atom is 0.501 e. The van der Waals surface area contributed by atoms with Crippen LogP contribution in [0.4, 0.5) is 0 Å². The molecule has 1 aliphatic rings. The molecule has 0 amide bonds. The van der Waals surface area contributed by atoms with E-state index in [1.807, 2.05) is 0 Å². The normalized spacial score (nSPS) is 14.6. The molecule has 1 aliphatic heterocycles. The monoisotopic (exact) mass is 380 g/mol. The van der Waals surface area contributed by atoms with Crippen LogP contribution < -0.4 is 13.8 Å². The summed E-state index contributed by atoms with van der Waals surface area (Å²) in [6, 6.07) is 5.16. The Labute approximate surface area is 144 Å². The highest BCUT2D eigenvalue weighted by atomic mass is 32.3. The van der Waals surface area contributed by atoms with E-state index in [1.165, 1.54) is 24.3 Å². The summed E-state index contributed by atoms with van der Waals surface area (Å²) in [5.74, 6) is -4.97. The maximum atomic E-state index is 12.5. The van der Waals surface area contributed by atoms with Crippen LogP contribution in [0.25, 0.3) is 22.3 Å². The van der Waals surface area contributed by atoms with E-state index in [0.29, 0.717) is 0 Å². The summed E-state index contributed by atoms with van der Waals surface area (Å²) in [7, 11) is -4.65. The third-order valence-corrected chi connectivity index (χ3v) is 4.42. The first-order valence-electron chi connectivity index (χ1n) is 6.90. The SMILES string of the molecule is O=c1c(O)c(-c2ccc(O)cc2)oc2c3c(O)c(c(O)c12)OS(=O)(=O)O3. The summed E-state index contributed by atoms with van der Waals surface area (Å²) < 4.78 is 37.4. The minimum absolute atomic E-state index is 0.0852. The number of phenols is 3. The van der Waals surface area contributed by atoms with Gasteiger partial charge in [-0.2, -0.15) is 0 Å². The molecule has 0 saturated carbocycles. The second-order valence-corrected chi connectivity index (χ2v) is 6.44. The molecule has 10 nitrogen and oxygen atoms in total. The molecule has 4 N–H and O–H groups in total. The first-order chi connectivity index (χ1) is 12.2. The lowest BCUT2D eigenvalue weighted by molar-refractivity contribution is 0.323. The van der Waals surface area contributed by atoms with Gasteiger partial charge in [-0.25, -0.2) is 0 Å². The van der Waals surface area contributed by atoms with Gasteiger partial charge >= 0.3 is 10.4 Å². The zero-order valence-electron chi connectivity index (χ0n) is 12.5. The molecule has 0 unspecified atom stereocenters. The summed E-state index contributed by atoms with van der Waals surface area (Å²) in [6.07, 6.45) is 0. The van der Waals surface area contributed by atoms with Crippen molar-refractivity contribution in [2.75, 3.05) is 0 Å². The van der Waals surface area contributed by atoms with Crippen molar-refractivity contribution in [3.63, 3.8) is 0 Å². The molecule has 2 aromatic carbocycles. The lowest BCUT2D eigenvalue weighted by Crippen LogP contribution is -2.21. The van der Waals surface area contributed by atoms with E-state index in [2.05, 4.69) is 8.37 Å². The molecule has 0 radical (unpaired) electrons. The Balaban J connectivity index is 2.15. The van der Waals surface area contributed by atoms with Crippen LogP contribution in [0.15, 0.2) is 33.5 Å². The van der Waals surface area contributed by atoms with Gasteiger partial charge in [0.05, 0.1) is 0 Å². The van der Waals surface area contributed by atoms with Crippen molar-refractivity contribution in [1.29, 1.82) is 0 Å². The molecule has 134 valence electrons. The average molecular weight is 380 g/mol. The summed E-state index contributed by atoms with van der Waals surface area (Å²) >= 11 is 0. The van der Waals surface area contributed by atoms with E-state index in [0.717, 1.165) is 0 Å². The molecule has 0 aliphatic carbocycles. The minimum Gasteiger partial charge on any atom is -0.508 e. The standard InChI is InChI=1S/C15H8O10S/c16-6-3-1-5(2-4-6)12-10(19)8(17)7-9(18)14-11(20)15(13(7)23-12)25-26(21,22)24-14/h1-4,16,18-20H. The van der Waals surface area contributed by atoms with Crippen molar-refractivity contribution < 1.29 is 41.6 Å². The van der Waals surface area contributed by atoms with Crippen LogP contribution in [-0.4, -0.2) is 28.8 Å². The van der Waals surface area contributed by atoms with Crippen LogP contribution in [-0.2, 0) is 10.4 Å². The molecule has 1 aromatic heterocycles. The molecular weight excluding hydrogens is 372 g/mol. The van der Waals surface area contributed by atoms with Crippen LogP contribution in [0.3, 0.4) is 0 Å². The van der Waals surface area contributed by atoms with Gasteiger partial charge in [0.15, 0.2) is 17.1 Å². The van der Waals surface area contributed by atoms with Crippen molar-refractivity contribution in [3.8, 4) is 45.8 Å². The number of fused-ring (bicyclic) bond motifs is 4. The molecule has 0 atom stereocenters. The van der Waals surface area contributed by atoms with Gasteiger partial charge in [-0.1, -0.05) is 0 Å².